The number of fused-ring (bicyclic) bond motifs is 1. The minimum Gasteiger partial charge on any atom is -0.493 e. The van der Waals surface area contributed by atoms with E-state index in [4.69, 9.17) is 9.47 Å². The molecule has 0 aliphatic heterocycles. The molecule has 4 aromatic rings. The van der Waals surface area contributed by atoms with Crippen LogP contribution in [0.4, 0.5) is 0 Å². The summed E-state index contributed by atoms with van der Waals surface area (Å²) in [7, 11) is 3.24. The second-order valence-corrected chi connectivity index (χ2v) is 8.77. The van der Waals surface area contributed by atoms with Gasteiger partial charge in [-0.1, -0.05) is 36.4 Å². The molecule has 2 heterocycles. The van der Waals surface area contributed by atoms with Crippen molar-refractivity contribution in [3.05, 3.63) is 146 Å². The fraction of sp³-hybridized carbons (Fsp3) is 0.125. The van der Waals surface area contributed by atoms with Gasteiger partial charge in [-0.15, -0.1) is 0 Å². The predicted molar refractivity (Wildman–Crippen MR) is 149 cm³/mol. The average molecular weight is 559 g/mol. The maximum absolute atomic E-state index is 13.6. The Morgan fingerprint density at radius 3 is 2.10 bits per heavy atom. The van der Waals surface area contributed by atoms with Crippen molar-refractivity contribution in [1.29, 1.82) is 0 Å². The van der Waals surface area contributed by atoms with Gasteiger partial charge in [-0.3, -0.25) is 4.79 Å². The van der Waals surface area contributed by atoms with E-state index in [1.807, 2.05) is 123 Å². The Kier molecular flexibility index (Phi) is 10.3. The maximum Gasteiger partial charge on any atom is 2.00 e. The second-order valence-electron chi connectivity index (χ2n) is 8.77. The first-order valence-electron chi connectivity index (χ1n) is 12.5. The summed E-state index contributed by atoms with van der Waals surface area (Å²) >= 11 is 0. The molecule has 2 saturated carbocycles. The van der Waals surface area contributed by atoms with Crippen LogP contribution in [0.25, 0.3) is 16.8 Å². The average Bonchev–Trinajstić information content (AvgIpc) is 3.76. The molecule has 0 N–H and O–H groups in total. The normalized spacial score (nSPS) is 15.0. The second kappa shape index (κ2) is 13.9. The van der Waals surface area contributed by atoms with Crippen LogP contribution in [0.2, 0.25) is 0 Å². The van der Waals surface area contributed by atoms with Crippen LogP contribution >= 0.6 is 0 Å². The van der Waals surface area contributed by atoms with E-state index in [-0.39, 0.29) is 22.6 Å². The molecule has 39 heavy (non-hydrogen) atoms. The van der Waals surface area contributed by atoms with Gasteiger partial charge in [0.2, 0.25) is 0 Å². The molecule has 2 fully saturated rings. The molecule has 0 amide bonds. The molecule has 0 atom stereocenters. The molecular weight excluding hydrogens is 530 g/mol. The Morgan fingerprint density at radius 1 is 0.795 bits per heavy atom. The van der Waals surface area contributed by atoms with Crippen LogP contribution in [-0.2, 0) is 30.0 Å². The number of methoxy groups -OCH3 is 2. The summed E-state index contributed by atoms with van der Waals surface area (Å²) in [5.41, 5.74) is 4.12. The summed E-state index contributed by atoms with van der Waals surface area (Å²) in [6.45, 7) is 0.520. The van der Waals surface area contributed by atoms with Crippen LogP contribution in [0, 0.1) is 63.7 Å². The molecule has 2 aromatic heterocycles. The smallest absolute Gasteiger partial charge is 0.493 e. The topological polar surface area (TPSA) is 57.8 Å². The molecule has 2 aromatic carbocycles. The van der Waals surface area contributed by atoms with E-state index < -0.39 is 0 Å². The molecule has 0 spiro atoms. The molecule has 6 nitrogen and oxygen atoms in total. The molecule has 0 bridgehead atoms. The largest absolute Gasteiger partial charge is 2.00 e. The van der Waals surface area contributed by atoms with Gasteiger partial charge in [-0.2, -0.15) is 5.10 Å². The van der Waals surface area contributed by atoms with E-state index in [1.54, 1.807) is 18.7 Å². The van der Waals surface area contributed by atoms with Crippen LogP contribution < -0.4 is 15.0 Å². The van der Waals surface area contributed by atoms with E-state index in [0.29, 0.717) is 30.0 Å². The molecule has 196 valence electrons. The zero-order chi connectivity index (χ0) is 26.3. The van der Waals surface area contributed by atoms with Crippen molar-refractivity contribution in [3.8, 4) is 22.8 Å². The van der Waals surface area contributed by atoms with E-state index in [0.717, 1.165) is 28.4 Å². The Balaban J connectivity index is 0.000000530. The summed E-state index contributed by atoms with van der Waals surface area (Å²) in [4.78, 5) is 13.6. The van der Waals surface area contributed by atoms with Crippen molar-refractivity contribution in [2.75, 3.05) is 14.2 Å². The van der Waals surface area contributed by atoms with Crippen molar-refractivity contribution in [2.24, 2.45) is 0 Å². The number of aryl methyl sites for hydroxylation is 1. The standard InChI is InChI=1S/C27H24N3O3.C5H5.Fe/c1-32-25-13-12-19(16-26(25)33-2)14-15-29-24(21-10-4-3-5-11-21)18-30-23(27(29)31)17-22(28-30)20-8-6-7-9-20;1-2-4-5-3-1;/h3-13,16-18H,14-15H2,1-2H3;1-5H;/q;;+2. The van der Waals surface area contributed by atoms with Crippen LogP contribution in [-0.4, -0.2) is 28.4 Å². The van der Waals surface area contributed by atoms with Gasteiger partial charge < -0.3 is 14.0 Å². The third kappa shape index (κ3) is 6.77. The SMILES string of the molecule is COc1ccc(CCn2c(-c3ccccc3)cn3nc([C]4[CH][CH][CH][CH]4)cc3c2=O)cc1OC.[CH]1[CH][CH][CH][CH]1.[Fe+2]. The molecule has 7 heteroatoms. The number of ether oxygens (including phenoxy) is 2. The molecule has 2 aliphatic rings. The van der Waals surface area contributed by atoms with Gasteiger partial charge in [0.05, 0.1) is 31.8 Å². The third-order valence-electron chi connectivity index (χ3n) is 6.39. The minimum atomic E-state index is -0.0675. The van der Waals surface area contributed by atoms with Gasteiger partial charge in [0, 0.05) is 12.5 Å². The predicted octanol–water partition coefficient (Wildman–Crippen LogP) is 5.20. The van der Waals surface area contributed by atoms with Gasteiger partial charge in [-0.05, 0) is 93.5 Å². The first-order chi connectivity index (χ1) is 18.7. The molecule has 6 rings (SSSR count). The Morgan fingerprint density at radius 2 is 1.46 bits per heavy atom. The fourth-order valence-corrected chi connectivity index (χ4v) is 4.43. The summed E-state index contributed by atoms with van der Waals surface area (Å²) in [6, 6.07) is 17.6. The monoisotopic (exact) mass is 559 g/mol. The number of benzene rings is 2. The van der Waals surface area contributed by atoms with Crippen molar-refractivity contribution in [3.63, 3.8) is 0 Å². The van der Waals surface area contributed by atoms with Crippen LogP contribution in [0.1, 0.15) is 11.3 Å². The van der Waals surface area contributed by atoms with E-state index in [2.05, 4.69) is 5.10 Å². The van der Waals surface area contributed by atoms with Crippen LogP contribution in [0.15, 0.2) is 65.6 Å². The molecule has 0 saturated heterocycles. The Bertz CT molecular complexity index is 1400. The fourth-order valence-electron chi connectivity index (χ4n) is 4.43. The van der Waals surface area contributed by atoms with Crippen molar-refractivity contribution < 1.29 is 26.5 Å². The van der Waals surface area contributed by atoms with Crippen LogP contribution in [0.3, 0.4) is 0 Å². The van der Waals surface area contributed by atoms with Crippen molar-refractivity contribution in [2.45, 2.75) is 13.0 Å². The Hall–Kier alpha value is -3.02. The van der Waals surface area contributed by atoms with E-state index in [9.17, 15) is 4.79 Å². The molecular formula is C32H29FeN3O3+2. The summed E-state index contributed by atoms with van der Waals surface area (Å²) in [5.74, 6) is 2.36. The number of aromatic nitrogens is 3. The van der Waals surface area contributed by atoms with Gasteiger partial charge in [0.15, 0.2) is 11.5 Å². The van der Waals surface area contributed by atoms with Gasteiger partial charge >= 0.3 is 17.1 Å². The van der Waals surface area contributed by atoms with Crippen molar-refractivity contribution >= 4 is 5.52 Å². The van der Waals surface area contributed by atoms with Gasteiger partial charge in [0.1, 0.15) is 5.52 Å². The maximum atomic E-state index is 13.6. The van der Waals surface area contributed by atoms with Crippen molar-refractivity contribution in [1.82, 2.24) is 14.2 Å². The molecule has 10 radical (unpaired) electrons. The first-order valence-corrected chi connectivity index (χ1v) is 12.5. The number of hydrogen-bond donors (Lipinski definition) is 0. The van der Waals surface area contributed by atoms with E-state index >= 15 is 0 Å². The zero-order valence-electron chi connectivity index (χ0n) is 21.8. The summed E-state index contributed by atoms with van der Waals surface area (Å²) in [6.07, 6.45) is 20.5. The summed E-state index contributed by atoms with van der Waals surface area (Å²) in [5, 5.41) is 4.68. The van der Waals surface area contributed by atoms with Crippen LogP contribution in [0.5, 0.6) is 11.5 Å². The van der Waals surface area contributed by atoms with Gasteiger partial charge in [-0.25, -0.2) is 4.52 Å². The summed E-state index contributed by atoms with van der Waals surface area (Å²) < 4.78 is 14.3. The number of nitrogens with zero attached hydrogens (tertiary/aromatic N) is 3. The molecule has 2 aliphatic carbocycles. The van der Waals surface area contributed by atoms with Gasteiger partial charge in [0.25, 0.3) is 5.56 Å². The quantitative estimate of drug-likeness (QED) is 0.293. The third-order valence-corrected chi connectivity index (χ3v) is 6.39. The van der Waals surface area contributed by atoms with E-state index in [1.165, 1.54) is 0 Å². The Labute approximate surface area is 241 Å². The first kappa shape index (κ1) is 29.0. The number of rotatable bonds is 7. The zero-order valence-corrected chi connectivity index (χ0v) is 22.9. The minimum absolute atomic E-state index is 0. The molecule has 0 unspecified atom stereocenters. The number of hydrogen-bond acceptors (Lipinski definition) is 4.